The molecule has 0 bridgehead atoms. The number of carbonyl (C=O) groups is 2. The van der Waals surface area contributed by atoms with Gasteiger partial charge in [0.2, 0.25) is 5.91 Å². The van der Waals surface area contributed by atoms with Gasteiger partial charge in [0.25, 0.3) is 0 Å². The van der Waals surface area contributed by atoms with Crippen LogP contribution in [0, 0.1) is 0 Å². The monoisotopic (exact) mass is 312 g/mol. The molecule has 22 heavy (non-hydrogen) atoms. The number of carbonyl (C=O) groups excluding carboxylic acids is 2. The highest BCUT2D eigenvalue weighted by Gasteiger charge is 2.14. The number of hydrogen-bond acceptors (Lipinski definition) is 3. The first-order chi connectivity index (χ1) is 10.7. The Morgan fingerprint density at radius 2 is 1.64 bits per heavy atom. The Bertz CT molecular complexity index is 317. The Balaban J connectivity index is 1.89. The van der Waals surface area contributed by atoms with E-state index in [0.29, 0.717) is 32.1 Å². The summed E-state index contributed by atoms with van der Waals surface area (Å²) in [7, 11) is 0. The molecular formula is C16H32N4O2. The Kier molecular flexibility index (Phi) is 10.5. The van der Waals surface area contributed by atoms with Crippen molar-refractivity contribution in [2.24, 2.45) is 5.73 Å². The van der Waals surface area contributed by atoms with E-state index in [0.717, 1.165) is 38.5 Å². The molecular weight excluding hydrogens is 280 g/mol. The maximum Gasteiger partial charge on any atom is 0.315 e. The molecule has 0 radical (unpaired) electrons. The summed E-state index contributed by atoms with van der Waals surface area (Å²) in [6.45, 7) is 1.94. The van der Waals surface area contributed by atoms with E-state index in [-0.39, 0.29) is 11.9 Å². The highest BCUT2D eigenvalue weighted by molar-refractivity contribution is 5.75. The van der Waals surface area contributed by atoms with Crippen LogP contribution < -0.4 is 21.7 Å². The lowest BCUT2D eigenvalue weighted by atomic mass is 9.96. The first kappa shape index (κ1) is 18.7. The molecule has 0 heterocycles. The molecule has 1 rings (SSSR count). The second kappa shape index (κ2) is 12.3. The summed E-state index contributed by atoms with van der Waals surface area (Å²) in [5.74, 6) is 0.0939. The molecule has 6 nitrogen and oxygen atoms in total. The number of unbranched alkanes of at least 4 members (excludes halogenated alkanes) is 2. The number of urea groups is 1. The average molecular weight is 312 g/mol. The number of amides is 3. The summed E-state index contributed by atoms with van der Waals surface area (Å²) < 4.78 is 0. The molecule has 0 aliphatic heterocycles. The molecule has 1 fully saturated rings. The maximum absolute atomic E-state index is 11.7. The van der Waals surface area contributed by atoms with Crippen molar-refractivity contribution in [1.29, 1.82) is 0 Å². The second-order valence-electron chi connectivity index (χ2n) is 6.04. The van der Waals surface area contributed by atoms with Crippen LogP contribution in [-0.4, -0.2) is 37.6 Å². The molecule has 1 saturated carbocycles. The molecule has 1 aliphatic carbocycles. The normalized spacial score (nSPS) is 15.3. The van der Waals surface area contributed by atoms with Crippen molar-refractivity contribution in [3.63, 3.8) is 0 Å². The molecule has 0 unspecified atom stereocenters. The minimum Gasteiger partial charge on any atom is -0.356 e. The zero-order chi connectivity index (χ0) is 16.0. The minimum absolute atomic E-state index is 0.0496. The summed E-state index contributed by atoms with van der Waals surface area (Å²) in [6.07, 6.45) is 10.0. The van der Waals surface area contributed by atoms with E-state index in [9.17, 15) is 9.59 Å². The Labute approximate surface area is 134 Å². The lowest BCUT2D eigenvalue weighted by Gasteiger charge is -2.22. The molecule has 6 heteroatoms. The van der Waals surface area contributed by atoms with Gasteiger partial charge in [-0.25, -0.2) is 4.79 Å². The van der Waals surface area contributed by atoms with E-state index < -0.39 is 0 Å². The zero-order valence-corrected chi connectivity index (χ0v) is 13.7. The summed E-state index contributed by atoms with van der Waals surface area (Å²) in [6, 6.07) is 0.303. The van der Waals surface area contributed by atoms with Gasteiger partial charge in [-0.1, -0.05) is 25.7 Å². The van der Waals surface area contributed by atoms with E-state index in [1.165, 1.54) is 19.3 Å². The predicted molar refractivity (Wildman–Crippen MR) is 88.6 cm³/mol. The first-order valence-corrected chi connectivity index (χ1v) is 8.73. The van der Waals surface area contributed by atoms with Crippen molar-refractivity contribution in [3.8, 4) is 0 Å². The van der Waals surface area contributed by atoms with Gasteiger partial charge in [-0.15, -0.1) is 0 Å². The number of nitrogens with two attached hydrogens (primary N) is 1. The average Bonchev–Trinajstić information content (AvgIpc) is 2.52. The highest BCUT2D eigenvalue weighted by Crippen LogP contribution is 2.17. The fraction of sp³-hybridized carbons (Fsp3) is 0.875. The molecule has 5 N–H and O–H groups in total. The zero-order valence-electron chi connectivity index (χ0n) is 13.7. The van der Waals surface area contributed by atoms with E-state index in [1.807, 2.05) is 0 Å². The van der Waals surface area contributed by atoms with Crippen LogP contribution in [0.25, 0.3) is 0 Å². The smallest absolute Gasteiger partial charge is 0.315 e. The summed E-state index contributed by atoms with van der Waals surface area (Å²) in [5.41, 5.74) is 5.36. The van der Waals surface area contributed by atoms with E-state index >= 15 is 0 Å². The van der Waals surface area contributed by atoms with Crippen LogP contribution in [0.2, 0.25) is 0 Å². The standard InChI is InChI=1S/C16H32N4O2/c17-11-7-13-18-15(21)10-5-2-6-12-19-16(22)20-14-8-3-1-4-9-14/h14H,1-13,17H2,(H,18,21)(H2,19,20,22). The van der Waals surface area contributed by atoms with Gasteiger partial charge < -0.3 is 21.7 Å². The van der Waals surface area contributed by atoms with Gasteiger partial charge in [0, 0.05) is 25.6 Å². The van der Waals surface area contributed by atoms with Gasteiger partial charge in [0.05, 0.1) is 0 Å². The quantitative estimate of drug-likeness (QED) is 0.462. The lowest BCUT2D eigenvalue weighted by molar-refractivity contribution is -0.121. The summed E-state index contributed by atoms with van der Waals surface area (Å²) in [5, 5.41) is 8.77. The predicted octanol–water partition coefficient (Wildman–Crippen LogP) is 1.64. The van der Waals surface area contributed by atoms with Crippen LogP contribution in [0.4, 0.5) is 4.79 Å². The Hall–Kier alpha value is -1.30. The summed E-state index contributed by atoms with van der Waals surface area (Å²) in [4.78, 5) is 23.2. The number of nitrogens with one attached hydrogen (secondary N) is 3. The van der Waals surface area contributed by atoms with E-state index in [4.69, 9.17) is 5.73 Å². The fourth-order valence-corrected chi connectivity index (χ4v) is 2.69. The minimum atomic E-state index is -0.0496. The topological polar surface area (TPSA) is 96.2 Å². The van der Waals surface area contributed by atoms with Gasteiger partial charge >= 0.3 is 6.03 Å². The Morgan fingerprint density at radius 3 is 2.36 bits per heavy atom. The van der Waals surface area contributed by atoms with Crippen LogP contribution in [0.15, 0.2) is 0 Å². The van der Waals surface area contributed by atoms with Crippen molar-refractivity contribution in [2.75, 3.05) is 19.6 Å². The van der Waals surface area contributed by atoms with Crippen LogP contribution in [0.1, 0.15) is 64.2 Å². The van der Waals surface area contributed by atoms with Crippen LogP contribution in [0.5, 0.6) is 0 Å². The molecule has 0 atom stereocenters. The molecule has 128 valence electrons. The van der Waals surface area contributed by atoms with Gasteiger partial charge in [-0.05, 0) is 38.6 Å². The molecule has 3 amide bonds. The molecule has 0 aromatic rings. The molecule has 0 spiro atoms. The second-order valence-corrected chi connectivity index (χ2v) is 6.04. The van der Waals surface area contributed by atoms with Crippen LogP contribution in [-0.2, 0) is 4.79 Å². The van der Waals surface area contributed by atoms with Gasteiger partial charge in [-0.3, -0.25) is 4.79 Å². The van der Waals surface area contributed by atoms with E-state index in [2.05, 4.69) is 16.0 Å². The van der Waals surface area contributed by atoms with Crippen molar-refractivity contribution >= 4 is 11.9 Å². The van der Waals surface area contributed by atoms with Gasteiger partial charge in [0.1, 0.15) is 0 Å². The number of hydrogen-bond donors (Lipinski definition) is 4. The largest absolute Gasteiger partial charge is 0.356 e. The van der Waals surface area contributed by atoms with E-state index in [1.54, 1.807) is 0 Å². The van der Waals surface area contributed by atoms with Gasteiger partial charge in [-0.2, -0.15) is 0 Å². The summed E-state index contributed by atoms with van der Waals surface area (Å²) >= 11 is 0. The van der Waals surface area contributed by atoms with Crippen LogP contribution in [0.3, 0.4) is 0 Å². The first-order valence-electron chi connectivity index (χ1n) is 8.73. The lowest BCUT2D eigenvalue weighted by Crippen LogP contribution is -2.43. The third-order valence-electron chi connectivity index (χ3n) is 4.01. The third-order valence-corrected chi connectivity index (χ3v) is 4.01. The molecule has 0 aromatic carbocycles. The van der Waals surface area contributed by atoms with Crippen molar-refractivity contribution in [3.05, 3.63) is 0 Å². The number of rotatable bonds is 10. The molecule has 0 saturated heterocycles. The maximum atomic E-state index is 11.7. The fourth-order valence-electron chi connectivity index (χ4n) is 2.69. The van der Waals surface area contributed by atoms with Crippen molar-refractivity contribution in [1.82, 2.24) is 16.0 Å². The molecule has 1 aliphatic rings. The Morgan fingerprint density at radius 1 is 0.909 bits per heavy atom. The molecule has 0 aromatic heterocycles. The SMILES string of the molecule is NCCCNC(=O)CCCCCNC(=O)NC1CCCCC1. The van der Waals surface area contributed by atoms with Crippen LogP contribution >= 0.6 is 0 Å². The third kappa shape index (κ3) is 9.60. The van der Waals surface area contributed by atoms with Crippen molar-refractivity contribution in [2.45, 2.75) is 70.3 Å². The highest BCUT2D eigenvalue weighted by atomic mass is 16.2. The van der Waals surface area contributed by atoms with Crippen molar-refractivity contribution < 1.29 is 9.59 Å². The van der Waals surface area contributed by atoms with Gasteiger partial charge in [0.15, 0.2) is 0 Å².